The van der Waals surface area contributed by atoms with E-state index in [4.69, 9.17) is 18.9 Å². The summed E-state index contributed by atoms with van der Waals surface area (Å²) in [6.07, 6.45) is -12.5. The molecule has 212 valence electrons. The number of carbonyl (C=O) groups is 2. The fourth-order valence-corrected chi connectivity index (χ4v) is 4.89. The first-order chi connectivity index (χ1) is 18.3. The highest BCUT2D eigenvalue weighted by Crippen LogP contribution is 2.46. The molecule has 3 rings (SSSR count). The third kappa shape index (κ3) is 5.57. The van der Waals surface area contributed by atoms with Crippen molar-refractivity contribution >= 4 is 27.9 Å². The van der Waals surface area contributed by atoms with Crippen molar-refractivity contribution in [1.29, 1.82) is 0 Å². The molecule has 0 heterocycles. The van der Waals surface area contributed by atoms with Gasteiger partial charge in [0.1, 0.15) is 6.10 Å². The fourth-order valence-electron chi connectivity index (χ4n) is 4.28. The lowest BCUT2D eigenvalue weighted by Gasteiger charge is -2.38. The predicted molar refractivity (Wildman–Crippen MR) is 128 cm³/mol. The minimum absolute atomic E-state index is 0.00474. The van der Waals surface area contributed by atoms with E-state index in [1.54, 1.807) is 0 Å². The second-order valence-corrected chi connectivity index (χ2v) is 9.35. The highest BCUT2D eigenvalue weighted by molar-refractivity contribution is 9.11. The predicted octanol–water partition coefficient (Wildman–Crippen LogP) is 6.09. The molecule has 0 saturated carbocycles. The van der Waals surface area contributed by atoms with Crippen LogP contribution in [0.15, 0.2) is 71.2 Å². The van der Waals surface area contributed by atoms with E-state index < -0.39 is 58.8 Å². The number of hydrogen-bond acceptors (Lipinski definition) is 6. The summed E-state index contributed by atoms with van der Waals surface area (Å²) in [6.45, 7) is 0. The molecule has 4 atom stereocenters. The first-order valence-corrected chi connectivity index (χ1v) is 12.2. The molecule has 0 aromatic heterocycles. The molecular weight excluding hydrogens is 602 g/mol. The van der Waals surface area contributed by atoms with E-state index in [1.807, 2.05) is 0 Å². The Morgan fingerprint density at radius 2 is 1.15 bits per heavy atom. The number of carbonyl (C=O) groups excluding carboxylic acids is 2. The molecule has 0 saturated heterocycles. The van der Waals surface area contributed by atoms with Crippen LogP contribution in [0.1, 0.15) is 24.0 Å². The van der Waals surface area contributed by atoms with Crippen LogP contribution >= 0.6 is 15.9 Å². The number of hydrogen-bond donors (Lipinski definition) is 0. The van der Waals surface area contributed by atoms with E-state index in [0.29, 0.717) is 14.2 Å². The quantitative estimate of drug-likeness (QED) is 0.261. The van der Waals surface area contributed by atoms with Crippen molar-refractivity contribution in [3.63, 3.8) is 0 Å². The Hall–Kier alpha value is -2.90. The monoisotopic (exact) mass is 624 g/mol. The number of benzene rings is 2. The summed E-state index contributed by atoms with van der Waals surface area (Å²) in [6, 6.07) is 12.0. The molecule has 0 amide bonds. The van der Waals surface area contributed by atoms with E-state index in [9.17, 15) is 35.9 Å². The van der Waals surface area contributed by atoms with E-state index >= 15 is 0 Å². The number of rotatable bonds is 8. The van der Waals surface area contributed by atoms with Crippen LogP contribution in [0.3, 0.4) is 0 Å². The van der Waals surface area contributed by atoms with Gasteiger partial charge in [-0.2, -0.15) is 26.3 Å². The van der Waals surface area contributed by atoms with Crippen molar-refractivity contribution in [2.24, 2.45) is 0 Å². The van der Waals surface area contributed by atoms with Gasteiger partial charge in [0.25, 0.3) is 11.2 Å². The maximum absolute atomic E-state index is 14.3. The maximum Gasteiger partial charge on any atom is 0.432 e. The fraction of sp³-hybridized carbons (Fsp3) is 0.385. The van der Waals surface area contributed by atoms with Crippen molar-refractivity contribution in [3.8, 4) is 0 Å². The lowest BCUT2D eigenvalue weighted by Crippen LogP contribution is -2.55. The third-order valence-electron chi connectivity index (χ3n) is 6.24. The van der Waals surface area contributed by atoms with Crippen molar-refractivity contribution in [2.45, 2.75) is 48.6 Å². The molecule has 0 spiro atoms. The highest BCUT2D eigenvalue weighted by Gasteiger charge is 2.66. The first-order valence-electron chi connectivity index (χ1n) is 11.4. The third-order valence-corrected chi connectivity index (χ3v) is 7.01. The zero-order valence-electron chi connectivity index (χ0n) is 20.5. The minimum atomic E-state index is -5.30. The van der Waals surface area contributed by atoms with Crippen LogP contribution in [0, 0.1) is 0 Å². The Balaban J connectivity index is 1.99. The standard InChI is InChI=1S/C26H23BrF6O6/c1-36-23(25(28,29)30,16-10-5-3-6-11-16)21(34)38-19-15-9-14-18(27)20(19)39-22(35)24(37-2,26(31,32)33)17-12-7-4-8-13-17/h3-8,10-14,19-20H,9,15H2,1-2H3/t19-,20-,23-,24-/m0/s1. The van der Waals surface area contributed by atoms with Crippen LogP contribution in [-0.2, 0) is 39.7 Å². The summed E-state index contributed by atoms with van der Waals surface area (Å²) in [5, 5.41) is 0. The molecular formula is C26H23BrF6O6. The van der Waals surface area contributed by atoms with Gasteiger partial charge in [-0.15, -0.1) is 0 Å². The van der Waals surface area contributed by atoms with E-state index in [-0.39, 0.29) is 17.3 Å². The molecule has 1 aliphatic carbocycles. The van der Waals surface area contributed by atoms with E-state index in [0.717, 1.165) is 24.3 Å². The van der Waals surface area contributed by atoms with Crippen LogP contribution in [0.5, 0.6) is 0 Å². The summed E-state index contributed by atoms with van der Waals surface area (Å²) in [5.74, 6) is -3.78. The van der Waals surface area contributed by atoms with Gasteiger partial charge in [0.2, 0.25) is 0 Å². The molecule has 13 heteroatoms. The molecule has 0 radical (unpaired) electrons. The SMILES string of the molecule is CO[C@](C(=O)O[C@H]1CCC=C(Br)[C@@H]1OC(=O)[C@@](OC)(c1ccccc1)C(F)(F)F)(c1ccccc1)C(F)(F)F. The van der Waals surface area contributed by atoms with Crippen molar-refractivity contribution in [2.75, 3.05) is 14.2 Å². The second kappa shape index (κ2) is 11.7. The number of ether oxygens (including phenoxy) is 4. The Morgan fingerprint density at radius 3 is 1.54 bits per heavy atom. The molecule has 2 aromatic carbocycles. The molecule has 1 aliphatic rings. The van der Waals surface area contributed by atoms with Gasteiger partial charge in [-0.3, -0.25) is 0 Å². The molecule has 6 nitrogen and oxygen atoms in total. The van der Waals surface area contributed by atoms with Gasteiger partial charge in [0, 0.05) is 29.8 Å². The van der Waals surface area contributed by atoms with Crippen LogP contribution in [0.25, 0.3) is 0 Å². The van der Waals surface area contributed by atoms with Crippen molar-refractivity contribution in [1.82, 2.24) is 0 Å². The Labute approximate surface area is 228 Å². The van der Waals surface area contributed by atoms with Crippen molar-refractivity contribution < 1.29 is 54.9 Å². The first kappa shape index (κ1) is 30.6. The van der Waals surface area contributed by atoms with Gasteiger partial charge < -0.3 is 18.9 Å². The Kier molecular flexibility index (Phi) is 9.18. The average Bonchev–Trinajstić information content (AvgIpc) is 2.87. The molecule has 0 fully saturated rings. The average molecular weight is 625 g/mol. The van der Waals surface area contributed by atoms with Gasteiger partial charge in [0.15, 0.2) is 6.10 Å². The smallest absolute Gasteiger partial charge is 0.432 e. The van der Waals surface area contributed by atoms with Crippen LogP contribution < -0.4 is 0 Å². The van der Waals surface area contributed by atoms with Gasteiger partial charge in [-0.1, -0.05) is 82.7 Å². The Morgan fingerprint density at radius 1 is 0.744 bits per heavy atom. The van der Waals surface area contributed by atoms with E-state index in [1.165, 1.54) is 42.5 Å². The second-order valence-electron chi connectivity index (χ2n) is 8.43. The minimum Gasteiger partial charge on any atom is -0.455 e. The zero-order valence-corrected chi connectivity index (χ0v) is 22.1. The van der Waals surface area contributed by atoms with Gasteiger partial charge in [-0.05, 0) is 12.8 Å². The van der Waals surface area contributed by atoms with Gasteiger partial charge in [0.05, 0.1) is 0 Å². The zero-order chi connectivity index (χ0) is 29.1. The number of alkyl halides is 6. The molecule has 0 unspecified atom stereocenters. The van der Waals surface area contributed by atoms with Crippen LogP contribution in [-0.4, -0.2) is 50.7 Å². The Bertz CT molecular complexity index is 1190. The lowest BCUT2D eigenvalue weighted by atomic mass is 9.91. The highest BCUT2D eigenvalue weighted by atomic mass is 79.9. The summed E-state index contributed by atoms with van der Waals surface area (Å²) in [4.78, 5) is 26.3. The molecule has 0 aliphatic heterocycles. The number of methoxy groups -OCH3 is 2. The normalized spacial score (nSPS) is 21.2. The van der Waals surface area contributed by atoms with Gasteiger partial charge in [-0.25, -0.2) is 9.59 Å². The van der Waals surface area contributed by atoms with Crippen LogP contribution in [0.2, 0.25) is 0 Å². The summed E-state index contributed by atoms with van der Waals surface area (Å²) in [5.41, 5.74) is -8.29. The molecule has 2 aromatic rings. The topological polar surface area (TPSA) is 71.1 Å². The summed E-state index contributed by atoms with van der Waals surface area (Å²) >= 11 is 3.08. The van der Waals surface area contributed by atoms with Crippen molar-refractivity contribution in [3.05, 3.63) is 82.3 Å². The summed E-state index contributed by atoms with van der Waals surface area (Å²) < 4.78 is 106. The number of esters is 2. The lowest BCUT2D eigenvalue weighted by molar-refractivity contribution is -0.284. The molecule has 0 bridgehead atoms. The maximum atomic E-state index is 14.3. The molecule has 39 heavy (non-hydrogen) atoms. The largest absolute Gasteiger partial charge is 0.455 e. The van der Waals surface area contributed by atoms with E-state index in [2.05, 4.69) is 15.9 Å². The molecule has 0 N–H and O–H groups in total. The number of allylic oxidation sites excluding steroid dienone is 1. The number of halogens is 7. The van der Waals surface area contributed by atoms with Gasteiger partial charge >= 0.3 is 24.3 Å². The summed E-state index contributed by atoms with van der Waals surface area (Å²) in [7, 11) is 1.34. The van der Waals surface area contributed by atoms with Crippen LogP contribution in [0.4, 0.5) is 26.3 Å².